The highest BCUT2D eigenvalue weighted by atomic mass is 79.9. The number of anilines is 1. The van der Waals surface area contributed by atoms with Gasteiger partial charge in [-0.05, 0) is 46.6 Å². The Morgan fingerprint density at radius 3 is 2.67 bits per heavy atom. The molecule has 0 aliphatic rings. The summed E-state index contributed by atoms with van der Waals surface area (Å²) in [5.41, 5.74) is 7.39. The fraction of sp³-hybridized carbons (Fsp3) is 0.154. The Morgan fingerprint density at radius 1 is 1.22 bits per heavy atom. The van der Waals surface area contributed by atoms with Crippen LogP contribution >= 0.6 is 15.9 Å². The Bertz CT molecular complexity index is 573. The molecule has 4 nitrogen and oxygen atoms in total. The number of pyridine rings is 1. The van der Waals surface area contributed by atoms with Crippen LogP contribution < -0.4 is 15.2 Å². The highest BCUT2D eigenvalue weighted by Gasteiger charge is 2.09. The molecular weight excluding hydrogens is 296 g/mol. The summed E-state index contributed by atoms with van der Waals surface area (Å²) in [5, 5.41) is 0. The molecule has 2 rings (SSSR count). The third-order valence-corrected chi connectivity index (χ3v) is 2.80. The number of nitrogen functional groups attached to an aromatic ring is 1. The maximum Gasteiger partial charge on any atom is 0.242 e. The van der Waals surface area contributed by atoms with Gasteiger partial charge in [0.05, 0.1) is 12.8 Å². The van der Waals surface area contributed by atoms with Gasteiger partial charge in [-0.1, -0.05) is 6.07 Å². The van der Waals surface area contributed by atoms with Gasteiger partial charge in [0.1, 0.15) is 0 Å². The molecule has 0 radical (unpaired) electrons. The Labute approximate surface area is 114 Å². The van der Waals surface area contributed by atoms with E-state index in [9.17, 15) is 0 Å². The number of rotatable bonds is 3. The van der Waals surface area contributed by atoms with Crippen molar-refractivity contribution >= 4 is 21.6 Å². The minimum absolute atomic E-state index is 0.361. The number of nitrogens with two attached hydrogens (primary N) is 1. The summed E-state index contributed by atoms with van der Waals surface area (Å²) in [6.45, 7) is 1.98. The molecule has 1 aromatic heterocycles. The third-order valence-electron chi connectivity index (χ3n) is 2.37. The lowest BCUT2D eigenvalue weighted by molar-refractivity contribution is 0.374. The molecule has 0 bridgehead atoms. The van der Waals surface area contributed by atoms with Crippen molar-refractivity contribution in [2.45, 2.75) is 6.92 Å². The lowest BCUT2D eigenvalue weighted by Crippen LogP contribution is -1.97. The highest BCUT2D eigenvalue weighted by molar-refractivity contribution is 9.10. The van der Waals surface area contributed by atoms with E-state index in [1.54, 1.807) is 19.4 Å². The minimum atomic E-state index is 0.361. The molecule has 1 aromatic carbocycles. The largest absolute Gasteiger partial charge is 0.493 e. The van der Waals surface area contributed by atoms with E-state index < -0.39 is 0 Å². The molecule has 0 spiro atoms. The van der Waals surface area contributed by atoms with Crippen LogP contribution in [0.4, 0.5) is 5.69 Å². The molecule has 0 fully saturated rings. The summed E-state index contributed by atoms with van der Waals surface area (Å²) in [4.78, 5) is 4.12. The van der Waals surface area contributed by atoms with Gasteiger partial charge < -0.3 is 15.2 Å². The fourth-order valence-corrected chi connectivity index (χ4v) is 1.84. The zero-order valence-electron chi connectivity index (χ0n) is 10.1. The molecule has 2 N–H and O–H groups in total. The number of aromatic nitrogens is 1. The quantitative estimate of drug-likeness (QED) is 0.942. The van der Waals surface area contributed by atoms with E-state index in [0.717, 1.165) is 10.0 Å². The molecule has 94 valence electrons. The molecule has 0 saturated heterocycles. The smallest absolute Gasteiger partial charge is 0.242 e. The van der Waals surface area contributed by atoms with Gasteiger partial charge in [0, 0.05) is 10.7 Å². The van der Waals surface area contributed by atoms with Crippen molar-refractivity contribution < 1.29 is 9.47 Å². The van der Waals surface area contributed by atoms with Gasteiger partial charge in [-0.2, -0.15) is 0 Å². The van der Waals surface area contributed by atoms with Crippen molar-refractivity contribution in [2.24, 2.45) is 0 Å². The summed E-state index contributed by atoms with van der Waals surface area (Å²) >= 11 is 3.30. The van der Waals surface area contributed by atoms with Crippen LogP contribution in [0.5, 0.6) is 17.4 Å². The summed E-state index contributed by atoms with van der Waals surface area (Å²) < 4.78 is 11.7. The van der Waals surface area contributed by atoms with Crippen molar-refractivity contribution in [3.05, 3.63) is 40.5 Å². The first-order valence-electron chi connectivity index (χ1n) is 5.33. The second-order valence-electron chi connectivity index (χ2n) is 3.80. The summed E-state index contributed by atoms with van der Waals surface area (Å²) in [6.07, 6.45) is 1.63. The molecule has 0 saturated carbocycles. The zero-order valence-corrected chi connectivity index (χ0v) is 11.7. The molecule has 0 aliphatic carbocycles. The molecule has 5 heteroatoms. The maximum atomic E-state index is 5.83. The molecule has 0 unspecified atom stereocenters. The lowest BCUT2D eigenvalue weighted by atomic mass is 10.2. The van der Waals surface area contributed by atoms with E-state index >= 15 is 0 Å². The van der Waals surface area contributed by atoms with Gasteiger partial charge in [-0.3, -0.25) is 0 Å². The van der Waals surface area contributed by atoms with Crippen molar-refractivity contribution in [1.29, 1.82) is 0 Å². The Kier molecular flexibility index (Phi) is 3.72. The fourth-order valence-electron chi connectivity index (χ4n) is 1.49. The van der Waals surface area contributed by atoms with Gasteiger partial charge in [-0.15, -0.1) is 0 Å². The van der Waals surface area contributed by atoms with Gasteiger partial charge in [-0.25, -0.2) is 4.98 Å². The molecule has 0 amide bonds. The van der Waals surface area contributed by atoms with E-state index in [1.165, 1.54) is 0 Å². The van der Waals surface area contributed by atoms with Crippen LogP contribution in [0.15, 0.2) is 34.9 Å². The van der Waals surface area contributed by atoms with Crippen LogP contribution in [-0.2, 0) is 0 Å². The Morgan fingerprint density at radius 2 is 2.00 bits per heavy atom. The van der Waals surface area contributed by atoms with Crippen LogP contribution in [0.1, 0.15) is 5.56 Å². The average Bonchev–Trinajstić information content (AvgIpc) is 2.34. The van der Waals surface area contributed by atoms with Gasteiger partial charge >= 0.3 is 0 Å². The molecule has 2 aromatic rings. The van der Waals surface area contributed by atoms with Crippen molar-refractivity contribution in [1.82, 2.24) is 4.98 Å². The number of halogens is 1. The molecule has 1 heterocycles. The molecule has 18 heavy (non-hydrogen) atoms. The number of hydrogen-bond donors (Lipinski definition) is 1. The van der Waals surface area contributed by atoms with Gasteiger partial charge in [0.25, 0.3) is 0 Å². The van der Waals surface area contributed by atoms with E-state index in [1.807, 2.05) is 25.1 Å². The van der Waals surface area contributed by atoms with Crippen LogP contribution in [0.2, 0.25) is 0 Å². The molecular formula is C13H13BrN2O2. The number of ether oxygens (including phenoxy) is 2. The van der Waals surface area contributed by atoms with Crippen molar-refractivity contribution in [3.8, 4) is 17.4 Å². The monoisotopic (exact) mass is 308 g/mol. The Hall–Kier alpha value is -1.75. The van der Waals surface area contributed by atoms with Crippen LogP contribution in [-0.4, -0.2) is 12.1 Å². The number of aryl methyl sites for hydroxylation is 1. The number of nitrogens with zero attached hydrogens (tertiary/aromatic N) is 1. The van der Waals surface area contributed by atoms with Gasteiger partial charge in [0.2, 0.25) is 5.88 Å². The number of hydrogen-bond acceptors (Lipinski definition) is 4. The minimum Gasteiger partial charge on any atom is -0.493 e. The molecule has 0 atom stereocenters. The van der Waals surface area contributed by atoms with E-state index in [2.05, 4.69) is 20.9 Å². The van der Waals surface area contributed by atoms with Crippen molar-refractivity contribution in [2.75, 3.05) is 12.8 Å². The van der Waals surface area contributed by atoms with Crippen molar-refractivity contribution in [3.63, 3.8) is 0 Å². The van der Waals surface area contributed by atoms with E-state index in [0.29, 0.717) is 23.1 Å². The standard InChI is InChI=1S/C13H13BrN2O2/c1-8-3-4-11(12(5-8)17-2)18-13-10(15)6-9(14)7-16-13/h3-7H,15H2,1-2H3. The Balaban J connectivity index is 2.33. The van der Waals surface area contributed by atoms with E-state index in [-0.39, 0.29) is 0 Å². The highest BCUT2D eigenvalue weighted by Crippen LogP contribution is 2.34. The molecule has 0 aliphatic heterocycles. The predicted molar refractivity (Wildman–Crippen MR) is 74.2 cm³/mol. The van der Waals surface area contributed by atoms with Crippen LogP contribution in [0.3, 0.4) is 0 Å². The second kappa shape index (κ2) is 5.27. The SMILES string of the molecule is COc1cc(C)ccc1Oc1ncc(Br)cc1N. The summed E-state index contributed by atoms with van der Waals surface area (Å²) in [7, 11) is 1.60. The summed E-state index contributed by atoms with van der Waals surface area (Å²) in [5.74, 6) is 1.60. The van der Waals surface area contributed by atoms with Crippen LogP contribution in [0.25, 0.3) is 0 Å². The normalized spacial score (nSPS) is 10.2. The second-order valence-corrected chi connectivity index (χ2v) is 4.72. The van der Waals surface area contributed by atoms with Gasteiger partial charge in [0.15, 0.2) is 11.5 Å². The summed E-state index contributed by atoms with van der Waals surface area (Å²) in [6, 6.07) is 7.40. The van der Waals surface area contributed by atoms with E-state index in [4.69, 9.17) is 15.2 Å². The number of methoxy groups -OCH3 is 1. The zero-order chi connectivity index (χ0) is 13.1. The predicted octanol–water partition coefficient (Wildman–Crippen LogP) is 3.54. The average molecular weight is 309 g/mol. The maximum absolute atomic E-state index is 5.83. The third kappa shape index (κ3) is 2.73. The first kappa shape index (κ1) is 12.7. The topological polar surface area (TPSA) is 57.4 Å². The number of benzene rings is 1. The lowest BCUT2D eigenvalue weighted by Gasteiger charge is -2.11. The first-order valence-corrected chi connectivity index (χ1v) is 6.13. The first-order chi connectivity index (χ1) is 8.60. The van der Waals surface area contributed by atoms with Crippen LogP contribution in [0, 0.1) is 6.92 Å².